The van der Waals surface area contributed by atoms with Crippen molar-refractivity contribution in [3.8, 4) is 0 Å². The summed E-state index contributed by atoms with van der Waals surface area (Å²) >= 11 is 0. The Morgan fingerprint density at radius 2 is 2.12 bits per heavy atom. The van der Waals surface area contributed by atoms with Gasteiger partial charge in [-0.15, -0.1) is 24.0 Å². The Bertz CT molecular complexity index is 598. The molecule has 7 nitrogen and oxygen atoms in total. The summed E-state index contributed by atoms with van der Waals surface area (Å²) in [6.07, 6.45) is 7.12. The molecule has 134 valence electrons. The number of nitrogens with zero attached hydrogens (tertiary/aromatic N) is 5. The molecule has 0 saturated heterocycles. The molecule has 2 rings (SSSR count). The number of aliphatic imine (C=N–C) groups is 1. The van der Waals surface area contributed by atoms with Gasteiger partial charge in [-0.25, -0.2) is 9.98 Å². The van der Waals surface area contributed by atoms with Gasteiger partial charge in [0, 0.05) is 44.4 Å². The third-order valence-electron chi connectivity index (χ3n) is 3.10. The maximum absolute atomic E-state index is 12.8. The second-order valence-electron chi connectivity index (χ2n) is 4.77. The van der Waals surface area contributed by atoms with E-state index in [0.29, 0.717) is 19.0 Å². The van der Waals surface area contributed by atoms with Crippen molar-refractivity contribution in [3.63, 3.8) is 0 Å². The third-order valence-corrected chi connectivity index (χ3v) is 3.10. The molecule has 2 N–H and O–H groups in total. The summed E-state index contributed by atoms with van der Waals surface area (Å²) in [5.41, 5.74) is 0. The zero-order chi connectivity index (χ0) is 16.5. The van der Waals surface area contributed by atoms with E-state index >= 15 is 0 Å². The van der Waals surface area contributed by atoms with Gasteiger partial charge >= 0.3 is 6.55 Å². The van der Waals surface area contributed by atoms with Gasteiger partial charge in [0.05, 0.1) is 0 Å². The van der Waals surface area contributed by atoms with E-state index in [4.69, 9.17) is 0 Å². The summed E-state index contributed by atoms with van der Waals surface area (Å²) in [5.74, 6) is 0.811. The van der Waals surface area contributed by atoms with Gasteiger partial charge in [-0.3, -0.25) is 9.25 Å². The molecule has 0 atom stereocenters. The minimum absolute atomic E-state index is 0. The first-order chi connectivity index (χ1) is 11.2. The fourth-order valence-corrected chi connectivity index (χ4v) is 2.02. The quantitative estimate of drug-likeness (QED) is 0.279. The van der Waals surface area contributed by atoms with Gasteiger partial charge in [-0.1, -0.05) is 0 Å². The zero-order valence-electron chi connectivity index (χ0n) is 13.4. The van der Waals surface area contributed by atoms with Gasteiger partial charge < -0.3 is 10.6 Å². The van der Waals surface area contributed by atoms with Crippen molar-refractivity contribution in [1.82, 2.24) is 30.0 Å². The molecule has 10 heteroatoms. The highest BCUT2D eigenvalue weighted by atomic mass is 127. The molecule has 0 aliphatic heterocycles. The van der Waals surface area contributed by atoms with Crippen LogP contribution >= 0.6 is 24.0 Å². The number of rotatable bonds is 8. The maximum Gasteiger partial charge on any atom is 0.319 e. The SMILES string of the molecule is CCNC(=NCc1nccn1C(F)F)NCCCn1cccn1.I. The Hall–Kier alpha value is -1.72. The molecule has 0 spiro atoms. The standard InChI is InChI=1S/C14H21F2N7.HI/c1-2-17-14(19-5-3-8-22-9-4-6-21-22)20-11-12-18-7-10-23(12)13(15)16;/h4,6-7,9-10,13H,2-3,5,8,11H2,1H3,(H2,17,19,20);1H. The molecule has 0 aromatic carbocycles. The molecule has 0 saturated carbocycles. The molecule has 2 heterocycles. The molecule has 0 fully saturated rings. The van der Waals surface area contributed by atoms with Crippen LogP contribution in [-0.2, 0) is 13.1 Å². The van der Waals surface area contributed by atoms with Crippen LogP contribution in [-0.4, -0.2) is 38.4 Å². The van der Waals surface area contributed by atoms with Crippen LogP contribution in [0.1, 0.15) is 25.7 Å². The van der Waals surface area contributed by atoms with Gasteiger partial charge in [0.1, 0.15) is 12.4 Å². The third kappa shape index (κ3) is 6.42. The van der Waals surface area contributed by atoms with Crippen molar-refractivity contribution in [1.29, 1.82) is 0 Å². The molecule has 24 heavy (non-hydrogen) atoms. The van der Waals surface area contributed by atoms with Crippen LogP contribution in [0.3, 0.4) is 0 Å². The summed E-state index contributed by atoms with van der Waals surface area (Å²) in [5, 5.41) is 10.4. The average molecular weight is 453 g/mol. The summed E-state index contributed by atoms with van der Waals surface area (Å²) in [7, 11) is 0. The van der Waals surface area contributed by atoms with Crippen LogP contribution in [0, 0.1) is 0 Å². The predicted molar refractivity (Wildman–Crippen MR) is 98.6 cm³/mol. The normalized spacial score (nSPS) is 11.4. The van der Waals surface area contributed by atoms with Crippen molar-refractivity contribution in [2.24, 2.45) is 4.99 Å². The molecular weight excluding hydrogens is 431 g/mol. The van der Waals surface area contributed by atoms with Crippen LogP contribution in [0.2, 0.25) is 0 Å². The molecule has 2 aromatic rings. The Kier molecular flexibility index (Phi) is 9.27. The largest absolute Gasteiger partial charge is 0.357 e. The van der Waals surface area contributed by atoms with Crippen molar-refractivity contribution >= 4 is 29.9 Å². The molecule has 0 radical (unpaired) electrons. The van der Waals surface area contributed by atoms with E-state index in [0.717, 1.165) is 17.5 Å². The number of aromatic nitrogens is 4. The number of hydrogen-bond donors (Lipinski definition) is 2. The fraction of sp³-hybridized carbons (Fsp3) is 0.500. The first kappa shape index (κ1) is 20.3. The molecule has 0 aliphatic carbocycles. The Morgan fingerprint density at radius 3 is 2.79 bits per heavy atom. The van der Waals surface area contributed by atoms with Crippen molar-refractivity contribution in [3.05, 3.63) is 36.7 Å². The number of guanidine groups is 1. The topological polar surface area (TPSA) is 72.1 Å². The number of imidazole rings is 1. The van der Waals surface area contributed by atoms with E-state index in [9.17, 15) is 8.78 Å². The number of hydrogen-bond acceptors (Lipinski definition) is 3. The van der Waals surface area contributed by atoms with Gasteiger partial charge in [-0.05, 0) is 19.4 Å². The van der Waals surface area contributed by atoms with Crippen LogP contribution in [0.4, 0.5) is 8.78 Å². The van der Waals surface area contributed by atoms with Crippen LogP contribution in [0.5, 0.6) is 0 Å². The summed E-state index contributed by atoms with van der Waals surface area (Å²) in [6, 6.07) is 1.88. The lowest BCUT2D eigenvalue weighted by Crippen LogP contribution is -2.38. The highest BCUT2D eigenvalue weighted by Crippen LogP contribution is 2.12. The van der Waals surface area contributed by atoms with E-state index in [1.807, 2.05) is 23.9 Å². The van der Waals surface area contributed by atoms with E-state index in [-0.39, 0.29) is 36.3 Å². The lowest BCUT2D eigenvalue weighted by Gasteiger charge is -2.11. The fourth-order valence-electron chi connectivity index (χ4n) is 2.02. The second kappa shape index (κ2) is 10.9. The van der Waals surface area contributed by atoms with Gasteiger partial charge in [-0.2, -0.15) is 13.9 Å². The minimum atomic E-state index is -2.60. The lowest BCUT2D eigenvalue weighted by molar-refractivity contribution is 0.0671. The molecular formula is C14H22F2IN7. The zero-order valence-corrected chi connectivity index (χ0v) is 15.7. The first-order valence-corrected chi connectivity index (χ1v) is 7.50. The van der Waals surface area contributed by atoms with Crippen LogP contribution in [0.15, 0.2) is 35.8 Å². The molecule has 0 aliphatic rings. The van der Waals surface area contributed by atoms with E-state index in [2.05, 4.69) is 25.7 Å². The van der Waals surface area contributed by atoms with Crippen molar-refractivity contribution < 1.29 is 8.78 Å². The van der Waals surface area contributed by atoms with E-state index in [1.165, 1.54) is 12.4 Å². The van der Waals surface area contributed by atoms with Crippen LogP contribution in [0.25, 0.3) is 0 Å². The highest BCUT2D eigenvalue weighted by molar-refractivity contribution is 14.0. The van der Waals surface area contributed by atoms with Crippen LogP contribution < -0.4 is 10.6 Å². The molecule has 0 unspecified atom stereocenters. The Balaban J connectivity index is 0.00000288. The highest BCUT2D eigenvalue weighted by Gasteiger charge is 2.10. The molecule has 0 bridgehead atoms. The number of nitrogens with one attached hydrogen (secondary N) is 2. The molecule has 2 aromatic heterocycles. The number of alkyl halides is 2. The summed E-state index contributed by atoms with van der Waals surface area (Å²) in [6.45, 7) is 1.62. The smallest absolute Gasteiger partial charge is 0.319 e. The maximum atomic E-state index is 12.8. The molecule has 0 amide bonds. The van der Waals surface area contributed by atoms with Crippen molar-refractivity contribution in [2.45, 2.75) is 33.0 Å². The average Bonchev–Trinajstić information content (AvgIpc) is 3.20. The Labute approximate surface area is 156 Å². The van der Waals surface area contributed by atoms with Gasteiger partial charge in [0.25, 0.3) is 0 Å². The first-order valence-electron chi connectivity index (χ1n) is 7.50. The van der Waals surface area contributed by atoms with Gasteiger partial charge in [0.2, 0.25) is 0 Å². The minimum Gasteiger partial charge on any atom is -0.357 e. The Morgan fingerprint density at radius 1 is 1.29 bits per heavy atom. The van der Waals surface area contributed by atoms with Gasteiger partial charge in [0.15, 0.2) is 5.96 Å². The lowest BCUT2D eigenvalue weighted by atomic mass is 10.4. The number of aryl methyl sites for hydroxylation is 1. The summed E-state index contributed by atoms with van der Waals surface area (Å²) < 4.78 is 28.2. The van der Waals surface area contributed by atoms with Crippen molar-refractivity contribution in [2.75, 3.05) is 13.1 Å². The predicted octanol–water partition coefficient (Wildman–Crippen LogP) is 2.24. The monoisotopic (exact) mass is 453 g/mol. The number of halogens is 3. The van der Waals surface area contributed by atoms with E-state index in [1.54, 1.807) is 6.20 Å². The second-order valence-corrected chi connectivity index (χ2v) is 4.77. The summed E-state index contributed by atoms with van der Waals surface area (Å²) in [4.78, 5) is 8.20. The van der Waals surface area contributed by atoms with E-state index < -0.39 is 6.55 Å².